The molecule has 0 fully saturated rings. The van der Waals surface area contributed by atoms with E-state index in [0.717, 1.165) is 0 Å². The van der Waals surface area contributed by atoms with E-state index in [0.29, 0.717) is 6.42 Å². The number of hydrogen-bond donors (Lipinski definition) is 0. The van der Waals surface area contributed by atoms with Crippen molar-refractivity contribution >= 4 is 5.97 Å². The second-order valence-corrected chi connectivity index (χ2v) is 3.56. The highest BCUT2D eigenvalue weighted by Gasteiger charge is 2.48. The van der Waals surface area contributed by atoms with Crippen molar-refractivity contribution in [2.75, 3.05) is 13.2 Å². The number of rotatable bonds is 7. The summed E-state index contributed by atoms with van der Waals surface area (Å²) in [6.45, 7) is 4.71. The van der Waals surface area contributed by atoms with Crippen LogP contribution in [0.15, 0.2) is 0 Å². The molecule has 2 atom stereocenters. The molecule has 0 aromatic carbocycles. The Balaban J connectivity index is 4.88. The predicted octanol–water partition coefficient (Wildman–Crippen LogP) is 2.93. The zero-order chi connectivity index (χ0) is 13.5. The number of carbonyl (C=O) groups is 1. The zero-order valence-corrected chi connectivity index (χ0v) is 10.3. The molecule has 0 amide bonds. The van der Waals surface area contributed by atoms with Gasteiger partial charge >= 0.3 is 12.1 Å². The van der Waals surface area contributed by atoms with Crippen molar-refractivity contribution in [1.29, 1.82) is 0 Å². The molecule has 0 bridgehead atoms. The standard InChI is InChI=1S/C11H19F3O3/c1-4-7-8(10(15)17-6-3)9(16-5-2)11(12,13)14/h8-9H,4-7H2,1-3H3. The maximum absolute atomic E-state index is 12.7. The summed E-state index contributed by atoms with van der Waals surface area (Å²) in [6.07, 6.45) is -6.07. The molecule has 0 aliphatic carbocycles. The molecule has 3 nitrogen and oxygen atoms in total. The highest BCUT2D eigenvalue weighted by atomic mass is 19.4. The quantitative estimate of drug-likeness (QED) is 0.657. The second-order valence-electron chi connectivity index (χ2n) is 3.56. The zero-order valence-electron chi connectivity index (χ0n) is 10.3. The Morgan fingerprint density at radius 2 is 1.76 bits per heavy atom. The Bertz CT molecular complexity index is 228. The summed E-state index contributed by atoms with van der Waals surface area (Å²) in [7, 11) is 0. The van der Waals surface area contributed by atoms with Crippen molar-refractivity contribution in [1.82, 2.24) is 0 Å². The largest absolute Gasteiger partial charge is 0.466 e. The monoisotopic (exact) mass is 256 g/mol. The molecule has 6 heteroatoms. The van der Waals surface area contributed by atoms with Gasteiger partial charge in [0.2, 0.25) is 0 Å². The number of carbonyl (C=O) groups excluding carboxylic acids is 1. The first-order chi connectivity index (χ1) is 7.88. The molecule has 17 heavy (non-hydrogen) atoms. The number of alkyl halides is 3. The maximum atomic E-state index is 12.7. The molecular weight excluding hydrogens is 237 g/mol. The first kappa shape index (κ1) is 16.2. The Hall–Kier alpha value is -0.780. The van der Waals surface area contributed by atoms with Gasteiger partial charge in [0, 0.05) is 6.61 Å². The Morgan fingerprint density at radius 1 is 1.18 bits per heavy atom. The van der Waals surface area contributed by atoms with E-state index in [1.165, 1.54) is 6.92 Å². The molecule has 0 aromatic heterocycles. The Labute approximate surface area is 99.3 Å². The molecule has 0 heterocycles. The molecule has 0 aliphatic rings. The molecule has 0 radical (unpaired) electrons. The van der Waals surface area contributed by atoms with Crippen molar-refractivity contribution in [3.63, 3.8) is 0 Å². The van der Waals surface area contributed by atoms with Crippen molar-refractivity contribution in [3.8, 4) is 0 Å². The number of esters is 1. The average molecular weight is 256 g/mol. The van der Waals surface area contributed by atoms with Gasteiger partial charge in [0.1, 0.15) is 0 Å². The minimum atomic E-state index is -4.55. The summed E-state index contributed by atoms with van der Waals surface area (Å²) in [5, 5.41) is 0. The lowest BCUT2D eigenvalue weighted by molar-refractivity contribution is -0.238. The highest BCUT2D eigenvalue weighted by molar-refractivity contribution is 5.73. The number of halogens is 3. The van der Waals surface area contributed by atoms with E-state index in [-0.39, 0.29) is 19.6 Å². The van der Waals surface area contributed by atoms with Gasteiger partial charge in [-0.3, -0.25) is 4.79 Å². The third kappa shape index (κ3) is 5.39. The topological polar surface area (TPSA) is 35.5 Å². The second kappa shape index (κ2) is 7.53. The fourth-order valence-electron chi connectivity index (χ4n) is 1.57. The van der Waals surface area contributed by atoms with Crippen LogP contribution in [0.1, 0.15) is 33.6 Å². The summed E-state index contributed by atoms with van der Waals surface area (Å²) >= 11 is 0. The van der Waals surface area contributed by atoms with Gasteiger partial charge in [-0.2, -0.15) is 13.2 Å². The van der Waals surface area contributed by atoms with Crippen LogP contribution in [0.3, 0.4) is 0 Å². The molecule has 0 spiro atoms. The van der Waals surface area contributed by atoms with Crippen LogP contribution in [0.25, 0.3) is 0 Å². The van der Waals surface area contributed by atoms with Crippen LogP contribution < -0.4 is 0 Å². The van der Waals surface area contributed by atoms with E-state index in [2.05, 4.69) is 9.47 Å². The van der Waals surface area contributed by atoms with Crippen LogP contribution in [0, 0.1) is 5.92 Å². The van der Waals surface area contributed by atoms with Crippen LogP contribution >= 0.6 is 0 Å². The molecule has 0 saturated heterocycles. The normalized spacial score (nSPS) is 15.4. The highest BCUT2D eigenvalue weighted by Crippen LogP contribution is 2.31. The lowest BCUT2D eigenvalue weighted by Gasteiger charge is -2.27. The van der Waals surface area contributed by atoms with Gasteiger partial charge < -0.3 is 9.47 Å². The minimum absolute atomic E-state index is 0.0652. The van der Waals surface area contributed by atoms with Crippen molar-refractivity contribution < 1.29 is 27.4 Å². The van der Waals surface area contributed by atoms with Gasteiger partial charge in [0.05, 0.1) is 12.5 Å². The Kier molecular flexibility index (Phi) is 7.18. The fourth-order valence-corrected chi connectivity index (χ4v) is 1.57. The first-order valence-electron chi connectivity index (χ1n) is 5.73. The SMILES string of the molecule is CCCC(C(=O)OCC)C(OCC)C(F)(F)F. The third-order valence-corrected chi connectivity index (χ3v) is 2.22. The van der Waals surface area contributed by atoms with Crippen LogP contribution in [-0.2, 0) is 14.3 Å². The fraction of sp³-hybridized carbons (Fsp3) is 0.909. The average Bonchev–Trinajstić information content (AvgIpc) is 2.22. The maximum Gasteiger partial charge on any atom is 0.415 e. The summed E-state index contributed by atoms with van der Waals surface area (Å²) in [4.78, 5) is 11.5. The number of ether oxygens (including phenoxy) is 2. The van der Waals surface area contributed by atoms with Crippen LogP contribution in [0.5, 0.6) is 0 Å². The molecule has 0 saturated carbocycles. The summed E-state index contributed by atoms with van der Waals surface area (Å²) < 4.78 is 47.6. The van der Waals surface area contributed by atoms with Gasteiger partial charge in [-0.25, -0.2) is 0 Å². The smallest absolute Gasteiger partial charge is 0.415 e. The van der Waals surface area contributed by atoms with Gasteiger partial charge in [-0.05, 0) is 20.3 Å². The van der Waals surface area contributed by atoms with Crippen molar-refractivity contribution in [3.05, 3.63) is 0 Å². The van der Waals surface area contributed by atoms with Crippen LogP contribution in [0.2, 0.25) is 0 Å². The van der Waals surface area contributed by atoms with Gasteiger partial charge in [0.15, 0.2) is 6.10 Å². The van der Waals surface area contributed by atoms with Crippen molar-refractivity contribution in [2.45, 2.75) is 45.9 Å². The van der Waals surface area contributed by atoms with E-state index < -0.39 is 24.2 Å². The summed E-state index contributed by atoms with van der Waals surface area (Å²) in [5.41, 5.74) is 0. The summed E-state index contributed by atoms with van der Waals surface area (Å²) in [5.74, 6) is -2.12. The van der Waals surface area contributed by atoms with Gasteiger partial charge in [-0.15, -0.1) is 0 Å². The third-order valence-electron chi connectivity index (χ3n) is 2.22. The van der Waals surface area contributed by atoms with E-state index in [9.17, 15) is 18.0 Å². The van der Waals surface area contributed by atoms with Gasteiger partial charge in [-0.1, -0.05) is 13.3 Å². The van der Waals surface area contributed by atoms with Crippen LogP contribution in [-0.4, -0.2) is 31.5 Å². The molecule has 102 valence electrons. The van der Waals surface area contributed by atoms with E-state index in [4.69, 9.17) is 0 Å². The predicted molar refractivity (Wildman–Crippen MR) is 56.5 cm³/mol. The molecule has 0 rings (SSSR count). The van der Waals surface area contributed by atoms with E-state index in [1.807, 2.05) is 0 Å². The summed E-state index contributed by atoms with van der Waals surface area (Å²) in [6, 6.07) is 0. The molecular formula is C11H19F3O3. The van der Waals surface area contributed by atoms with E-state index in [1.54, 1.807) is 13.8 Å². The Morgan fingerprint density at radius 3 is 2.12 bits per heavy atom. The van der Waals surface area contributed by atoms with E-state index >= 15 is 0 Å². The molecule has 0 aliphatic heterocycles. The lowest BCUT2D eigenvalue weighted by atomic mass is 9.96. The molecule has 2 unspecified atom stereocenters. The molecule has 0 aromatic rings. The van der Waals surface area contributed by atoms with Crippen LogP contribution in [0.4, 0.5) is 13.2 Å². The molecule has 0 N–H and O–H groups in total. The first-order valence-corrected chi connectivity index (χ1v) is 5.73. The van der Waals surface area contributed by atoms with Gasteiger partial charge in [0.25, 0.3) is 0 Å². The lowest BCUT2D eigenvalue weighted by Crippen LogP contribution is -2.43. The van der Waals surface area contributed by atoms with Crippen molar-refractivity contribution in [2.24, 2.45) is 5.92 Å². The number of hydrogen-bond acceptors (Lipinski definition) is 3. The minimum Gasteiger partial charge on any atom is -0.466 e.